The Bertz CT molecular complexity index is 234. The van der Waals surface area contributed by atoms with Crippen LogP contribution in [-0.4, -0.2) is 23.3 Å². The monoisotopic (exact) mass is 169 g/mol. The second kappa shape index (κ2) is 3.38. The van der Waals surface area contributed by atoms with Gasteiger partial charge in [-0.05, 0) is 13.0 Å². The van der Waals surface area contributed by atoms with Crippen molar-refractivity contribution in [3.63, 3.8) is 0 Å². The van der Waals surface area contributed by atoms with Crippen LogP contribution in [-0.2, 0) is 14.3 Å². The summed E-state index contributed by atoms with van der Waals surface area (Å²) in [6.45, 7) is 5.37. The van der Waals surface area contributed by atoms with Crippen molar-refractivity contribution in [2.24, 2.45) is 0 Å². The quantitative estimate of drug-likeness (QED) is 0.450. The van der Waals surface area contributed by atoms with Crippen LogP contribution >= 0.6 is 0 Å². The third-order valence-electron chi connectivity index (χ3n) is 1.64. The Morgan fingerprint density at radius 1 is 1.67 bits per heavy atom. The highest BCUT2D eigenvalue weighted by molar-refractivity contribution is 5.80. The zero-order valence-corrected chi connectivity index (χ0v) is 7.00. The number of likely N-dealkylation sites (tertiary alicyclic amines) is 1. The van der Waals surface area contributed by atoms with E-state index in [-0.39, 0.29) is 11.8 Å². The first kappa shape index (κ1) is 8.77. The number of carbonyl (C=O) groups is 2. The molecular formula is C8H11NO3. The first-order valence-corrected chi connectivity index (χ1v) is 3.79. The second-order valence-corrected chi connectivity index (χ2v) is 2.64. The Morgan fingerprint density at radius 3 is 2.75 bits per heavy atom. The Kier molecular flexibility index (Phi) is 2.47. The zero-order chi connectivity index (χ0) is 9.14. The van der Waals surface area contributed by atoms with Crippen molar-refractivity contribution in [1.82, 2.24) is 4.90 Å². The van der Waals surface area contributed by atoms with Gasteiger partial charge in [0, 0.05) is 19.9 Å². The molecule has 4 nitrogen and oxygen atoms in total. The van der Waals surface area contributed by atoms with E-state index in [4.69, 9.17) is 0 Å². The lowest BCUT2D eigenvalue weighted by atomic mass is 10.4. The van der Waals surface area contributed by atoms with Crippen LogP contribution in [0.4, 0.5) is 0 Å². The average Bonchev–Trinajstić information content (AvgIpc) is 2.33. The minimum Gasteiger partial charge on any atom is -0.410 e. The summed E-state index contributed by atoms with van der Waals surface area (Å²) < 4.78 is 4.68. The maximum atomic E-state index is 11.1. The molecular weight excluding hydrogens is 158 g/mol. The number of rotatable bonds is 2. The molecule has 0 atom stereocenters. The van der Waals surface area contributed by atoms with Gasteiger partial charge in [0.2, 0.25) is 5.91 Å². The maximum absolute atomic E-state index is 11.1. The van der Waals surface area contributed by atoms with Crippen molar-refractivity contribution in [2.45, 2.75) is 19.8 Å². The van der Waals surface area contributed by atoms with Gasteiger partial charge in [0.05, 0.1) is 0 Å². The van der Waals surface area contributed by atoms with Crippen molar-refractivity contribution in [3.8, 4) is 0 Å². The van der Waals surface area contributed by atoms with E-state index in [0.29, 0.717) is 13.0 Å². The van der Waals surface area contributed by atoms with E-state index in [9.17, 15) is 9.59 Å². The van der Waals surface area contributed by atoms with Crippen LogP contribution in [0.25, 0.3) is 0 Å². The molecule has 1 rings (SSSR count). The summed E-state index contributed by atoms with van der Waals surface area (Å²) in [7, 11) is 0. The molecule has 0 unspecified atom stereocenters. The van der Waals surface area contributed by atoms with Gasteiger partial charge in [0.15, 0.2) is 5.88 Å². The van der Waals surface area contributed by atoms with Gasteiger partial charge in [-0.25, -0.2) is 0 Å². The normalized spacial score (nSPS) is 16.4. The Morgan fingerprint density at radius 2 is 2.33 bits per heavy atom. The van der Waals surface area contributed by atoms with Crippen LogP contribution in [0.15, 0.2) is 12.5 Å². The molecule has 1 heterocycles. The van der Waals surface area contributed by atoms with Gasteiger partial charge in [-0.1, -0.05) is 0 Å². The van der Waals surface area contributed by atoms with E-state index >= 15 is 0 Å². The average molecular weight is 169 g/mol. The Balaban J connectivity index is 2.52. The fraction of sp³-hybridized carbons (Fsp3) is 0.500. The summed E-state index contributed by atoms with van der Waals surface area (Å²) in [6, 6.07) is 0. The van der Waals surface area contributed by atoms with Crippen LogP contribution in [0, 0.1) is 0 Å². The van der Waals surface area contributed by atoms with Crippen LogP contribution in [0.1, 0.15) is 19.8 Å². The molecule has 0 bridgehead atoms. The molecule has 0 N–H and O–H groups in total. The van der Waals surface area contributed by atoms with Gasteiger partial charge in [0.25, 0.3) is 0 Å². The van der Waals surface area contributed by atoms with E-state index in [2.05, 4.69) is 11.3 Å². The molecule has 0 saturated carbocycles. The molecule has 0 aromatic heterocycles. The van der Waals surface area contributed by atoms with Crippen molar-refractivity contribution >= 4 is 11.9 Å². The topological polar surface area (TPSA) is 46.6 Å². The minimum atomic E-state index is -0.445. The minimum absolute atomic E-state index is 0.0266. The van der Waals surface area contributed by atoms with Gasteiger partial charge in [-0.15, -0.1) is 0 Å². The highest BCUT2D eigenvalue weighted by atomic mass is 16.5. The second-order valence-electron chi connectivity index (χ2n) is 2.64. The Labute approximate surface area is 70.8 Å². The molecule has 12 heavy (non-hydrogen) atoms. The molecule has 0 aliphatic carbocycles. The lowest BCUT2D eigenvalue weighted by Gasteiger charge is -2.16. The Hall–Kier alpha value is -1.32. The van der Waals surface area contributed by atoms with Gasteiger partial charge in [0.1, 0.15) is 0 Å². The number of amides is 1. The number of ether oxygens (including phenoxy) is 1. The third-order valence-corrected chi connectivity index (χ3v) is 1.64. The molecule has 0 radical (unpaired) electrons. The van der Waals surface area contributed by atoms with Gasteiger partial charge >= 0.3 is 5.97 Å². The predicted octanol–water partition coefficient (Wildman–Crippen LogP) is 0.643. The SMILES string of the molecule is C=C(OC(C)=O)N1CCCC1=O. The van der Waals surface area contributed by atoms with E-state index in [1.54, 1.807) is 0 Å². The highest BCUT2D eigenvalue weighted by Crippen LogP contribution is 2.15. The van der Waals surface area contributed by atoms with E-state index in [1.165, 1.54) is 11.8 Å². The molecule has 66 valence electrons. The number of esters is 1. The number of hydrogen-bond acceptors (Lipinski definition) is 3. The molecule has 1 aliphatic rings. The van der Waals surface area contributed by atoms with Crippen molar-refractivity contribution in [2.75, 3.05) is 6.54 Å². The number of carbonyl (C=O) groups excluding carboxylic acids is 2. The van der Waals surface area contributed by atoms with E-state index < -0.39 is 5.97 Å². The zero-order valence-electron chi connectivity index (χ0n) is 7.00. The van der Waals surface area contributed by atoms with Gasteiger partial charge < -0.3 is 4.74 Å². The van der Waals surface area contributed by atoms with Crippen LogP contribution in [0.3, 0.4) is 0 Å². The van der Waals surface area contributed by atoms with E-state index in [1.807, 2.05) is 0 Å². The van der Waals surface area contributed by atoms with Crippen molar-refractivity contribution < 1.29 is 14.3 Å². The molecule has 0 aromatic rings. The van der Waals surface area contributed by atoms with Crippen molar-refractivity contribution in [3.05, 3.63) is 12.5 Å². The first-order chi connectivity index (χ1) is 5.61. The lowest BCUT2D eigenvalue weighted by Crippen LogP contribution is -2.25. The van der Waals surface area contributed by atoms with Crippen molar-refractivity contribution in [1.29, 1.82) is 0 Å². The predicted molar refractivity (Wildman–Crippen MR) is 41.9 cm³/mol. The fourth-order valence-electron chi connectivity index (χ4n) is 1.13. The van der Waals surface area contributed by atoms with Gasteiger partial charge in [-0.3, -0.25) is 14.5 Å². The third kappa shape index (κ3) is 1.84. The molecule has 4 heteroatoms. The number of nitrogens with zero attached hydrogens (tertiary/aromatic N) is 1. The molecule has 1 saturated heterocycles. The summed E-state index contributed by atoms with van der Waals surface area (Å²) in [6.07, 6.45) is 1.32. The highest BCUT2D eigenvalue weighted by Gasteiger charge is 2.23. The van der Waals surface area contributed by atoms with Crippen LogP contribution in [0.5, 0.6) is 0 Å². The number of hydrogen-bond donors (Lipinski definition) is 0. The van der Waals surface area contributed by atoms with Crippen LogP contribution < -0.4 is 0 Å². The lowest BCUT2D eigenvalue weighted by molar-refractivity contribution is -0.141. The summed E-state index contributed by atoms with van der Waals surface area (Å²) in [5.74, 6) is -0.328. The smallest absolute Gasteiger partial charge is 0.309 e. The standard InChI is InChI=1S/C8H11NO3/c1-6(12-7(2)10)9-5-3-4-8(9)11/h1,3-5H2,2H3. The fourth-order valence-corrected chi connectivity index (χ4v) is 1.13. The summed E-state index contributed by atoms with van der Waals surface area (Å²) >= 11 is 0. The van der Waals surface area contributed by atoms with Gasteiger partial charge in [-0.2, -0.15) is 0 Å². The maximum Gasteiger partial charge on any atom is 0.309 e. The molecule has 0 spiro atoms. The van der Waals surface area contributed by atoms with Crippen LogP contribution in [0.2, 0.25) is 0 Å². The molecule has 1 amide bonds. The molecule has 1 aliphatic heterocycles. The first-order valence-electron chi connectivity index (χ1n) is 3.79. The summed E-state index contributed by atoms with van der Waals surface area (Å²) in [5, 5.41) is 0. The largest absolute Gasteiger partial charge is 0.410 e. The van der Waals surface area contributed by atoms with E-state index in [0.717, 1.165) is 6.42 Å². The molecule has 0 aromatic carbocycles. The summed E-state index contributed by atoms with van der Waals surface area (Å²) in [4.78, 5) is 23.0. The molecule has 1 fully saturated rings. The summed E-state index contributed by atoms with van der Waals surface area (Å²) in [5.41, 5.74) is 0.